The number of rotatable bonds is 6. The zero-order valence-corrected chi connectivity index (χ0v) is 30.6. The second-order valence-corrected chi connectivity index (χ2v) is 14.7. The van der Waals surface area contributed by atoms with E-state index in [4.69, 9.17) is 15.0 Å². The maximum absolute atomic E-state index is 4.98. The van der Waals surface area contributed by atoms with Crippen molar-refractivity contribution in [1.82, 2.24) is 19.9 Å². The van der Waals surface area contributed by atoms with Crippen molar-refractivity contribution in [3.63, 3.8) is 0 Å². The fourth-order valence-corrected chi connectivity index (χ4v) is 8.22. The van der Waals surface area contributed by atoms with Gasteiger partial charge in [0.15, 0.2) is 17.5 Å². The highest BCUT2D eigenvalue weighted by Gasteiger charge is 2.38. The number of benzene rings is 7. The lowest BCUT2D eigenvalue weighted by molar-refractivity contribution is 0.666. The van der Waals surface area contributed by atoms with Crippen molar-refractivity contribution >= 4 is 10.8 Å². The molecule has 0 bridgehead atoms. The van der Waals surface area contributed by atoms with Crippen LogP contribution in [0, 0.1) is 0 Å². The van der Waals surface area contributed by atoms with Gasteiger partial charge in [-0.15, -0.1) is 0 Å². The Kier molecular flexibility index (Phi) is 7.77. The molecule has 0 atom stereocenters. The van der Waals surface area contributed by atoms with E-state index in [1.165, 1.54) is 44.2 Å². The van der Waals surface area contributed by atoms with Gasteiger partial charge in [0.25, 0.3) is 0 Å². The molecule has 0 spiro atoms. The average molecular weight is 705 g/mol. The monoisotopic (exact) mass is 704 g/mol. The molecule has 2 aromatic heterocycles. The molecule has 0 aliphatic heterocycles. The molecule has 0 N–H and O–H groups in total. The molecule has 9 aromatic rings. The summed E-state index contributed by atoms with van der Waals surface area (Å²) in [7, 11) is 0. The van der Waals surface area contributed by atoms with Crippen molar-refractivity contribution in [2.75, 3.05) is 0 Å². The van der Waals surface area contributed by atoms with Crippen LogP contribution in [-0.2, 0) is 5.41 Å². The number of nitrogens with zero attached hydrogens (tertiary/aromatic N) is 4. The molecule has 0 amide bonds. The predicted octanol–water partition coefficient (Wildman–Crippen LogP) is 12.7. The van der Waals surface area contributed by atoms with Crippen LogP contribution < -0.4 is 0 Å². The Bertz CT molecular complexity index is 2840. The van der Waals surface area contributed by atoms with Crippen molar-refractivity contribution in [2.24, 2.45) is 0 Å². The van der Waals surface area contributed by atoms with E-state index in [0.717, 1.165) is 39.1 Å². The van der Waals surface area contributed by atoms with Crippen molar-refractivity contribution < 1.29 is 0 Å². The molecule has 2 heterocycles. The number of pyridine rings is 1. The molecule has 55 heavy (non-hydrogen) atoms. The number of fused-ring (bicyclic) bond motifs is 5. The first-order valence-corrected chi connectivity index (χ1v) is 18.7. The summed E-state index contributed by atoms with van der Waals surface area (Å²) in [5, 5.41) is 2.63. The van der Waals surface area contributed by atoms with E-state index in [1.807, 2.05) is 54.7 Å². The molecule has 10 rings (SSSR count). The lowest BCUT2D eigenvalue weighted by atomic mass is 9.80. The number of hydrogen-bond donors (Lipinski definition) is 0. The minimum absolute atomic E-state index is 0.0882. The predicted molar refractivity (Wildman–Crippen MR) is 225 cm³/mol. The fraction of sp³-hybridized carbons (Fsp3) is 0.0588. The zero-order chi connectivity index (χ0) is 36.9. The van der Waals surface area contributed by atoms with Gasteiger partial charge < -0.3 is 0 Å². The first-order chi connectivity index (χ1) is 27.0. The first kappa shape index (κ1) is 32.6. The largest absolute Gasteiger partial charge is 0.256 e. The summed E-state index contributed by atoms with van der Waals surface area (Å²) < 4.78 is 0. The van der Waals surface area contributed by atoms with Gasteiger partial charge >= 0.3 is 0 Å². The third kappa shape index (κ3) is 5.71. The van der Waals surface area contributed by atoms with Gasteiger partial charge in [-0.05, 0) is 67.4 Å². The molecular weight excluding hydrogens is 669 g/mol. The summed E-state index contributed by atoms with van der Waals surface area (Å²) in [6.07, 6.45) is 1.81. The Balaban J connectivity index is 0.972. The summed E-state index contributed by atoms with van der Waals surface area (Å²) in [4.78, 5) is 19.3. The van der Waals surface area contributed by atoms with Crippen LogP contribution in [0.15, 0.2) is 182 Å². The van der Waals surface area contributed by atoms with E-state index in [0.29, 0.717) is 17.5 Å². The van der Waals surface area contributed by atoms with E-state index in [-0.39, 0.29) is 5.41 Å². The van der Waals surface area contributed by atoms with E-state index >= 15 is 0 Å². The molecule has 4 heteroatoms. The van der Waals surface area contributed by atoms with Crippen LogP contribution in [-0.4, -0.2) is 19.9 Å². The van der Waals surface area contributed by atoms with Crippen LogP contribution in [0.4, 0.5) is 0 Å². The molecule has 1 aliphatic carbocycles. The van der Waals surface area contributed by atoms with E-state index < -0.39 is 0 Å². The van der Waals surface area contributed by atoms with Gasteiger partial charge in [0.2, 0.25) is 0 Å². The van der Waals surface area contributed by atoms with Gasteiger partial charge in [0.05, 0.1) is 5.69 Å². The Morgan fingerprint density at radius 3 is 1.56 bits per heavy atom. The second-order valence-electron chi connectivity index (χ2n) is 14.7. The highest BCUT2D eigenvalue weighted by molar-refractivity contribution is 6.01. The smallest absolute Gasteiger partial charge is 0.164 e. The second kappa shape index (κ2) is 13.1. The zero-order valence-electron chi connectivity index (χ0n) is 30.6. The molecule has 0 radical (unpaired) electrons. The van der Waals surface area contributed by atoms with E-state index in [2.05, 4.69) is 146 Å². The molecule has 0 fully saturated rings. The third-order valence-electron chi connectivity index (χ3n) is 11.0. The fourth-order valence-electron chi connectivity index (χ4n) is 8.22. The Hall–Kier alpha value is -7.04. The van der Waals surface area contributed by atoms with Gasteiger partial charge in [-0.3, -0.25) is 4.98 Å². The first-order valence-electron chi connectivity index (χ1n) is 18.7. The standard InChI is InChI=1S/C51H36N4/c1-51(2)44-16-10-15-41(46(44)43-31-30-35-11-6-7-14-42(35)47(43)51)36-22-18-33(19-23-36)34-20-26-39(27-21-34)49-53-48(38-12-4-3-5-13-38)54-50(55-49)40-28-24-37(25-29-40)45-17-8-9-32-52-45/h3-32H,1-2H3. The molecular formula is C51H36N4. The number of hydrogen-bond acceptors (Lipinski definition) is 4. The van der Waals surface area contributed by atoms with Crippen LogP contribution in [0.2, 0.25) is 0 Å². The number of aromatic nitrogens is 4. The summed E-state index contributed by atoms with van der Waals surface area (Å²) in [5.74, 6) is 1.90. The Labute approximate surface area is 320 Å². The molecule has 7 aromatic carbocycles. The Morgan fingerprint density at radius 1 is 0.382 bits per heavy atom. The van der Waals surface area contributed by atoms with Gasteiger partial charge in [-0.2, -0.15) is 0 Å². The lowest BCUT2D eigenvalue weighted by Gasteiger charge is -2.23. The quantitative estimate of drug-likeness (QED) is 0.173. The summed E-state index contributed by atoms with van der Waals surface area (Å²) in [6, 6.07) is 61.9. The summed E-state index contributed by atoms with van der Waals surface area (Å²) >= 11 is 0. The average Bonchev–Trinajstić information content (AvgIpc) is 3.50. The van der Waals surface area contributed by atoms with Gasteiger partial charge in [0, 0.05) is 33.9 Å². The topological polar surface area (TPSA) is 51.6 Å². The molecule has 0 saturated heterocycles. The van der Waals surface area contributed by atoms with Crippen LogP contribution in [0.5, 0.6) is 0 Å². The van der Waals surface area contributed by atoms with Crippen LogP contribution >= 0.6 is 0 Å². The molecule has 1 aliphatic rings. The minimum atomic E-state index is -0.0882. The molecule has 4 nitrogen and oxygen atoms in total. The molecule has 0 unspecified atom stereocenters. The van der Waals surface area contributed by atoms with Gasteiger partial charge in [-0.1, -0.05) is 178 Å². The van der Waals surface area contributed by atoms with Crippen molar-refractivity contribution in [1.29, 1.82) is 0 Å². The van der Waals surface area contributed by atoms with Crippen molar-refractivity contribution in [3.05, 3.63) is 193 Å². The highest BCUT2D eigenvalue weighted by Crippen LogP contribution is 2.54. The van der Waals surface area contributed by atoms with Crippen molar-refractivity contribution in [2.45, 2.75) is 19.3 Å². The van der Waals surface area contributed by atoms with Crippen LogP contribution in [0.3, 0.4) is 0 Å². The SMILES string of the molecule is CC1(C)c2cccc(-c3ccc(-c4ccc(-c5nc(-c6ccccc6)nc(-c6ccc(-c7ccccn7)cc6)n5)cc4)cc3)c2-c2ccc3ccccc3c21. The third-order valence-corrected chi connectivity index (χ3v) is 11.0. The summed E-state index contributed by atoms with van der Waals surface area (Å²) in [6.45, 7) is 4.73. The highest BCUT2D eigenvalue weighted by atomic mass is 15.0. The molecule has 0 saturated carbocycles. The Morgan fingerprint density at radius 2 is 0.927 bits per heavy atom. The maximum atomic E-state index is 4.98. The van der Waals surface area contributed by atoms with Gasteiger partial charge in [0.1, 0.15) is 0 Å². The molecule has 260 valence electrons. The minimum Gasteiger partial charge on any atom is -0.256 e. The maximum Gasteiger partial charge on any atom is 0.164 e. The normalized spacial score (nSPS) is 12.7. The summed E-state index contributed by atoms with van der Waals surface area (Å²) in [5.41, 5.74) is 14.9. The lowest BCUT2D eigenvalue weighted by Crippen LogP contribution is -2.15. The van der Waals surface area contributed by atoms with Crippen molar-refractivity contribution in [3.8, 4) is 78.8 Å². The van der Waals surface area contributed by atoms with Crippen LogP contribution in [0.1, 0.15) is 25.0 Å². The van der Waals surface area contributed by atoms with E-state index in [1.54, 1.807) is 0 Å². The van der Waals surface area contributed by atoms with Crippen LogP contribution in [0.25, 0.3) is 89.6 Å². The van der Waals surface area contributed by atoms with Gasteiger partial charge in [-0.25, -0.2) is 15.0 Å². The van der Waals surface area contributed by atoms with E-state index in [9.17, 15) is 0 Å².